The van der Waals surface area contributed by atoms with Gasteiger partial charge in [-0.3, -0.25) is 0 Å². The van der Waals surface area contributed by atoms with E-state index in [4.69, 9.17) is 0 Å². The number of H-pyrrole nitrogens is 1. The second-order valence-electron chi connectivity index (χ2n) is 7.92. The molecule has 2 atom stereocenters. The molecule has 1 aromatic carbocycles. The maximum absolute atomic E-state index is 13.9. The third kappa shape index (κ3) is 3.43. The molecule has 0 spiro atoms. The minimum absolute atomic E-state index is 0.173. The molecule has 2 N–H and O–H groups in total. The average molecular weight is 379 g/mol. The number of aliphatic hydroxyl groups is 1. The van der Waals surface area contributed by atoms with Crippen molar-refractivity contribution in [3.8, 4) is 0 Å². The lowest BCUT2D eigenvalue weighted by molar-refractivity contribution is -0.268. The Morgan fingerprint density at radius 2 is 1.93 bits per heavy atom. The number of hydrogen-bond acceptors (Lipinski definition) is 1. The molecule has 2 aliphatic carbocycles. The van der Waals surface area contributed by atoms with E-state index in [1.165, 1.54) is 12.2 Å². The highest BCUT2D eigenvalue weighted by Crippen LogP contribution is 2.61. The van der Waals surface area contributed by atoms with Crippen LogP contribution in [0.3, 0.4) is 0 Å². The molecule has 0 amide bonds. The minimum atomic E-state index is -4.75. The van der Waals surface area contributed by atoms with Crippen molar-refractivity contribution >= 4 is 10.9 Å². The van der Waals surface area contributed by atoms with Crippen LogP contribution in [0.15, 0.2) is 54.4 Å². The van der Waals surface area contributed by atoms with Gasteiger partial charge in [-0.1, -0.05) is 24.3 Å². The molecule has 0 bridgehead atoms. The van der Waals surface area contributed by atoms with Gasteiger partial charge in [-0.05, 0) is 66.7 Å². The number of alkyl halides is 3. The smallest absolute Gasteiger partial charge is 0.380 e. The van der Waals surface area contributed by atoms with Gasteiger partial charge in [0.05, 0.1) is 0 Å². The zero-order valence-electron chi connectivity index (χ0n) is 14.7. The first kappa shape index (κ1) is 18.3. The van der Waals surface area contributed by atoms with E-state index in [0.29, 0.717) is 25.0 Å². The second kappa shape index (κ2) is 6.23. The van der Waals surface area contributed by atoms with Crippen molar-refractivity contribution in [1.82, 2.24) is 4.98 Å². The van der Waals surface area contributed by atoms with Gasteiger partial charge in [0.25, 0.3) is 0 Å². The van der Waals surface area contributed by atoms with Crippen molar-refractivity contribution in [3.05, 3.63) is 60.1 Å². The van der Waals surface area contributed by atoms with E-state index in [9.17, 15) is 22.7 Å². The van der Waals surface area contributed by atoms with Gasteiger partial charge >= 0.3 is 6.18 Å². The molecule has 27 heavy (non-hydrogen) atoms. The first-order chi connectivity index (χ1) is 12.7. The van der Waals surface area contributed by atoms with Crippen LogP contribution in [0, 0.1) is 11.3 Å². The molecule has 1 heterocycles. The van der Waals surface area contributed by atoms with E-state index in [-0.39, 0.29) is 18.2 Å². The highest BCUT2D eigenvalue weighted by atomic mass is 19.4. The predicted octanol–water partition coefficient (Wildman–Crippen LogP) is 5.60. The highest BCUT2D eigenvalue weighted by Gasteiger charge is 2.61. The number of aromatic nitrogens is 1. The van der Waals surface area contributed by atoms with Crippen LogP contribution in [0.5, 0.6) is 0 Å². The monoisotopic (exact) mass is 379 g/mol. The SMILES string of the molecule is OC(Cc1cc2ccccc2[nH]1)(CC1(C2C=CC(F)=CC2)CC1)C(F)(F)F. The topological polar surface area (TPSA) is 36.0 Å². The summed E-state index contributed by atoms with van der Waals surface area (Å²) in [4.78, 5) is 2.98. The molecular formula is C21H21F4NO. The maximum Gasteiger partial charge on any atom is 0.417 e. The van der Waals surface area contributed by atoms with Gasteiger partial charge in [0, 0.05) is 17.6 Å². The number of rotatable bonds is 5. The van der Waals surface area contributed by atoms with Crippen LogP contribution in [-0.2, 0) is 6.42 Å². The van der Waals surface area contributed by atoms with E-state index in [0.717, 1.165) is 10.9 Å². The average Bonchev–Trinajstić information content (AvgIpc) is 3.25. The molecule has 1 aromatic heterocycles. The van der Waals surface area contributed by atoms with Crippen LogP contribution in [0.25, 0.3) is 10.9 Å². The molecule has 1 saturated carbocycles. The molecule has 0 saturated heterocycles. The number of para-hydroxylation sites is 1. The molecular weight excluding hydrogens is 358 g/mol. The number of aromatic amines is 1. The summed E-state index contributed by atoms with van der Waals surface area (Å²) in [6.45, 7) is 0. The first-order valence-electron chi connectivity index (χ1n) is 9.10. The maximum atomic E-state index is 13.9. The number of nitrogens with one attached hydrogen (secondary N) is 1. The van der Waals surface area contributed by atoms with Crippen LogP contribution >= 0.6 is 0 Å². The molecule has 4 rings (SSSR count). The summed E-state index contributed by atoms with van der Waals surface area (Å²) in [7, 11) is 0. The Bertz CT molecular complexity index is 873. The molecule has 0 radical (unpaired) electrons. The van der Waals surface area contributed by atoms with Gasteiger partial charge < -0.3 is 10.1 Å². The van der Waals surface area contributed by atoms with Crippen molar-refractivity contribution in [2.75, 3.05) is 0 Å². The minimum Gasteiger partial charge on any atom is -0.380 e. The predicted molar refractivity (Wildman–Crippen MR) is 95.7 cm³/mol. The van der Waals surface area contributed by atoms with Crippen LogP contribution in [0.4, 0.5) is 17.6 Å². The van der Waals surface area contributed by atoms with Gasteiger partial charge in [0.2, 0.25) is 0 Å². The lowest BCUT2D eigenvalue weighted by Gasteiger charge is -2.36. The fourth-order valence-electron chi connectivity index (χ4n) is 4.28. The third-order valence-electron chi connectivity index (χ3n) is 5.97. The summed E-state index contributed by atoms with van der Waals surface area (Å²) in [5.74, 6) is -0.528. The van der Waals surface area contributed by atoms with Gasteiger partial charge in [0.15, 0.2) is 5.60 Å². The summed E-state index contributed by atoms with van der Waals surface area (Å²) in [6.07, 6.45) is 0.347. The number of allylic oxidation sites excluding steroid dienone is 4. The van der Waals surface area contributed by atoms with Crippen molar-refractivity contribution < 1.29 is 22.7 Å². The standard InChI is InChI=1S/C21H21F4NO/c22-16-7-5-15(6-8-16)19(9-10-19)13-20(27,21(23,24)25)12-17-11-14-3-1-2-4-18(14)26-17/h1-5,7-8,11,15,26-27H,6,9-10,12-13H2. The van der Waals surface area contributed by atoms with Crippen LogP contribution in [-0.4, -0.2) is 21.9 Å². The Labute approximate surface area is 154 Å². The summed E-state index contributed by atoms with van der Waals surface area (Å²) < 4.78 is 54.9. The number of hydrogen-bond donors (Lipinski definition) is 2. The van der Waals surface area contributed by atoms with Crippen molar-refractivity contribution in [2.24, 2.45) is 11.3 Å². The van der Waals surface area contributed by atoms with Crippen LogP contribution in [0.2, 0.25) is 0 Å². The fraction of sp³-hybridized carbons (Fsp3) is 0.429. The van der Waals surface area contributed by atoms with Crippen molar-refractivity contribution in [3.63, 3.8) is 0 Å². The molecule has 2 nitrogen and oxygen atoms in total. The number of fused-ring (bicyclic) bond motifs is 1. The summed E-state index contributed by atoms with van der Waals surface area (Å²) in [6, 6.07) is 8.89. The molecule has 0 aliphatic heterocycles. The quantitative estimate of drug-likeness (QED) is 0.652. The number of halogens is 4. The fourth-order valence-corrected chi connectivity index (χ4v) is 4.28. The van der Waals surface area contributed by atoms with E-state index >= 15 is 0 Å². The Balaban J connectivity index is 1.60. The van der Waals surface area contributed by atoms with E-state index in [1.54, 1.807) is 24.3 Å². The lowest BCUT2D eigenvalue weighted by Crippen LogP contribution is -2.49. The summed E-state index contributed by atoms with van der Waals surface area (Å²) >= 11 is 0. The van der Waals surface area contributed by atoms with Crippen LogP contribution in [0.1, 0.15) is 31.4 Å². The zero-order valence-corrected chi connectivity index (χ0v) is 14.7. The molecule has 2 aromatic rings. The Kier molecular flexibility index (Phi) is 4.22. The molecule has 2 unspecified atom stereocenters. The van der Waals surface area contributed by atoms with Crippen molar-refractivity contribution in [2.45, 2.75) is 43.9 Å². The van der Waals surface area contributed by atoms with Gasteiger partial charge in [-0.15, -0.1) is 0 Å². The third-order valence-corrected chi connectivity index (χ3v) is 5.97. The Morgan fingerprint density at radius 3 is 2.52 bits per heavy atom. The lowest BCUT2D eigenvalue weighted by atomic mass is 9.75. The van der Waals surface area contributed by atoms with Gasteiger partial charge in [-0.25, -0.2) is 4.39 Å². The zero-order chi connectivity index (χ0) is 19.3. The van der Waals surface area contributed by atoms with E-state index < -0.39 is 23.6 Å². The van der Waals surface area contributed by atoms with E-state index in [2.05, 4.69) is 4.98 Å². The highest BCUT2D eigenvalue weighted by molar-refractivity contribution is 5.80. The molecule has 1 fully saturated rings. The Hall–Kier alpha value is -2.08. The Morgan fingerprint density at radius 1 is 1.19 bits per heavy atom. The first-order valence-corrected chi connectivity index (χ1v) is 9.10. The normalized spacial score (nSPS) is 23.9. The molecule has 6 heteroatoms. The summed E-state index contributed by atoms with van der Waals surface area (Å²) in [5, 5.41) is 11.5. The van der Waals surface area contributed by atoms with E-state index in [1.807, 2.05) is 12.1 Å². The van der Waals surface area contributed by atoms with Crippen LogP contribution < -0.4 is 0 Å². The largest absolute Gasteiger partial charge is 0.417 e. The van der Waals surface area contributed by atoms with Crippen molar-refractivity contribution in [1.29, 1.82) is 0 Å². The summed E-state index contributed by atoms with van der Waals surface area (Å²) in [5.41, 5.74) is -2.34. The second-order valence-corrected chi connectivity index (χ2v) is 7.92. The van der Waals surface area contributed by atoms with Gasteiger partial charge in [0.1, 0.15) is 5.83 Å². The molecule has 144 valence electrons. The van der Waals surface area contributed by atoms with Gasteiger partial charge in [-0.2, -0.15) is 13.2 Å². The molecule has 2 aliphatic rings. The number of benzene rings is 1.